The number of carboxylic acids is 1. The van der Waals surface area contributed by atoms with Crippen molar-refractivity contribution < 1.29 is 14.7 Å². The van der Waals surface area contributed by atoms with E-state index in [-0.39, 0.29) is 11.8 Å². The maximum absolute atomic E-state index is 12.3. The number of hydrogen-bond acceptors (Lipinski definition) is 3. The molecule has 0 saturated carbocycles. The number of carboxylic acid groups (broad SMARTS) is 1. The molecule has 1 aromatic carbocycles. The summed E-state index contributed by atoms with van der Waals surface area (Å²) < 4.78 is 1.88. The molecule has 0 aliphatic heterocycles. The number of amides is 1. The Kier molecular flexibility index (Phi) is 5.39. The first-order chi connectivity index (χ1) is 11.3. The molecule has 0 radical (unpaired) electrons. The van der Waals surface area contributed by atoms with E-state index >= 15 is 0 Å². The van der Waals surface area contributed by atoms with Gasteiger partial charge in [0.2, 0.25) is 0 Å². The van der Waals surface area contributed by atoms with Gasteiger partial charge in [-0.25, -0.2) is 4.79 Å². The van der Waals surface area contributed by atoms with Gasteiger partial charge in [0.1, 0.15) is 6.04 Å². The van der Waals surface area contributed by atoms with Crippen molar-refractivity contribution in [3.63, 3.8) is 0 Å². The Morgan fingerprint density at radius 2 is 1.96 bits per heavy atom. The van der Waals surface area contributed by atoms with Gasteiger partial charge in [-0.2, -0.15) is 5.10 Å². The molecule has 1 atom stereocenters. The Labute approximate surface area is 141 Å². The van der Waals surface area contributed by atoms with Crippen LogP contribution < -0.4 is 5.32 Å². The maximum atomic E-state index is 12.3. The van der Waals surface area contributed by atoms with Crippen molar-refractivity contribution in [2.24, 2.45) is 5.92 Å². The minimum Gasteiger partial charge on any atom is -0.480 e. The van der Waals surface area contributed by atoms with Crippen LogP contribution in [0.1, 0.15) is 41.2 Å². The molecule has 6 nitrogen and oxygen atoms in total. The van der Waals surface area contributed by atoms with Crippen molar-refractivity contribution in [1.29, 1.82) is 0 Å². The average Bonchev–Trinajstić information content (AvgIpc) is 2.81. The summed E-state index contributed by atoms with van der Waals surface area (Å²) in [7, 11) is 0. The first-order valence-electron chi connectivity index (χ1n) is 7.91. The number of benzene rings is 1. The fourth-order valence-electron chi connectivity index (χ4n) is 2.56. The normalized spacial score (nSPS) is 12.2. The lowest BCUT2D eigenvalue weighted by atomic mass is 10.0. The first kappa shape index (κ1) is 17.7. The van der Waals surface area contributed by atoms with Gasteiger partial charge in [0, 0.05) is 11.3 Å². The Morgan fingerprint density at radius 3 is 2.50 bits per heavy atom. The van der Waals surface area contributed by atoms with Crippen LogP contribution in [0.5, 0.6) is 0 Å². The quantitative estimate of drug-likeness (QED) is 0.852. The number of aliphatic carboxylic acids is 1. The van der Waals surface area contributed by atoms with E-state index in [2.05, 4.69) is 10.4 Å². The summed E-state index contributed by atoms with van der Waals surface area (Å²) in [6.45, 7) is 8.01. The molecule has 0 spiro atoms. The fraction of sp³-hybridized carbons (Fsp3) is 0.389. The van der Waals surface area contributed by atoms with Crippen molar-refractivity contribution in [2.75, 3.05) is 0 Å². The third-order valence-electron chi connectivity index (χ3n) is 3.84. The minimum absolute atomic E-state index is 0.190. The van der Waals surface area contributed by atoms with Crippen molar-refractivity contribution in [3.05, 3.63) is 52.8 Å². The summed E-state index contributed by atoms with van der Waals surface area (Å²) in [6.07, 6.45) is 0. The van der Waals surface area contributed by atoms with Crippen molar-refractivity contribution in [3.8, 4) is 0 Å². The van der Waals surface area contributed by atoms with Crippen LogP contribution in [0.2, 0.25) is 0 Å². The number of aryl methyl sites for hydroxylation is 2. The Bertz CT molecular complexity index is 750. The molecule has 0 bridgehead atoms. The molecule has 0 aliphatic rings. The minimum atomic E-state index is -1.03. The number of rotatable bonds is 6. The predicted molar refractivity (Wildman–Crippen MR) is 91.0 cm³/mol. The largest absolute Gasteiger partial charge is 0.480 e. The lowest BCUT2D eigenvalue weighted by Gasteiger charge is -2.18. The highest BCUT2D eigenvalue weighted by Crippen LogP contribution is 2.11. The molecule has 2 rings (SSSR count). The smallest absolute Gasteiger partial charge is 0.326 e. The standard InChI is InChI=1S/C18H23N3O3/c1-11(2)16(18(23)24)19-17(22)15-7-5-6-14(9-15)10-21-13(4)8-12(3)20-21/h5-9,11,16H,10H2,1-4H3,(H,19,22)(H,23,24)/t16-/m0/s1. The van der Waals surface area contributed by atoms with Crippen molar-refractivity contribution in [1.82, 2.24) is 15.1 Å². The second kappa shape index (κ2) is 7.29. The van der Waals surface area contributed by atoms with E-state index < -0.39 is 12.0 Å². The van der Waals surface area contributed by atoms with Crippen LogP contribution in [0.25, 0.3) is 0 Å². The van der Waals surface area contributed by atoms with Gasteiger partial charge in [-0.15, -0.1) is 0 Å². The third kappa shape index (κ3) is 4.22. The molecule has 1 heterocycles. The van der Waals surface area contributed by atoms with Crippen LogP contribution in [0, 0.1) is 19.8 Å². The van der Waals surface area contributed by atoms with Gasteiger partial charge in [-0.3, -0.25) is 9.48 Å². The number of aromatic nitrogens is 2. The SMILES string of the molecule is Cc1cc(C)n(Cc2cccc(C(=O)N[C@H](C(=O)O)C(C)C)c2)n1. The molecule has 1 aromatic heterocycles. The first-order valence-corrected chi connectivity index (χ1v) is 7.91. The molecule has 0 fully saturated rings. The van der Waals surface area contributed by atoms with Crippen LogP contribution in [0.3, 0.4) is 0 Å². The summed E-state index contributed by atoms with van der Waals surface area (Å²) >= 11 is 0. The number of carbonyl (C=O) groups is 2. The van der Waals surface area contributed by atoms with Crippen LogP contribution in [-0.4, -0.2) is 32.8 Å². The summed E-state index contributed by atoms with van der Waals surface area (Å²) in [5, 5.41) is 16.2. The van der Waals surface area contributed by atoms with E-state index in [9.17, 15) is 14.7 Å². The zero-order valence-electron chi connectivity index (χ0n) is 14.4. The number of carbonyl (C=O) groups excluding carboxylic acids is 1. The van der Waals surface area contributed by atoms with Crippen LogP contribution in [-0.2, 0) is 11.3 Å². The maximum Gasteiger partial charge on any atom is 0.326 e. The third-order valence-corrected chi connectivity index (χ3v) is 3.84. The zero-order valence-corrected chi connectivity index (χ0v) is 14.4. The highest BCUT2D eigenvalue weighted by atomic mass is 16.4. The van der Waals surface area contributed by atoms with E-state index in [0.29, 0.717) is 12.1 Å². The van der Waals surface area contributed by atoms with E-state index in [4.69, 9.17) is 0 Å². The monoisotopic (exact) mass is 329 g/mol. The molecular formula is C18H23N3O3. The fourth-order valence-corrected chi connectivity index (χ4v) is 2.56. The molecule has 2 aromatic rings. The average molecular weight is 329 g/mol. The van der Waals surface area contributed by atoms with Crippen LogP contribution >= 0.6 is 0 Å². The second-order valence-electron chi connectivity index (χ2n) is 6.32. The highest BCUT2D eigenvalue weighted by Gasteiger charge is 2.23. The molecule has 6 heteroatoms. The number of nitrogens with one attached hydrogen (secondary N) is 1. The van der Waals surface area contributed by atoms with Crippen molar-refractivity contribution >= 4 is 11.9 Å². The van der Waals surface area contributed by atoms with Gasteiger partial charge in [0.15, 0.2) is 0 Å². The van der Waals surface area contributed by atoms with Crippen LogP contribution in [0.4, 0.5) is 0 Å². The molecular weight excluding hydrogens is 306 g/mol. The Balaban J connectivity index is 2.16. The van der Waals surface area contributed by atoms with E-state index in [1.54, 1.807) is 32.0 Å². The molecule has 128 valence electrons. The van der Waals surface area contributed by atoms with Gasteiger partial charge < -0.3 is 10.4 Å². The second-order valence-corrected chi connectivity index (χ2v) is 6.32. The Hall–Kier alpha value is -2.63. The molecule has 2 N–H and O–H groups in total. The van der Waals surface area contributed by atoms with Gasteiger partial charge in [0.05, 0.1) is 12.2 Å². The molecule has 1 amide bonds. The summed E-state index contributed by atoms with van der Waals surface area (Å²) in [5.41, 5.74) is 3.38. The number of nitrogens with zero attached hydrogens (tertiary/aromatic N) is 2. The van der Waals surface area contributed by atoms with E-state index in [1.165, 1.54) is 0 Å². The van der Waals surface area contributed by atoms with Gasteiger partial charge in [0.25, 0.3) is 5.91 Å². The molecule has 0 unspecified atom stereocenters. The lowest BCUT2D eigenvalue weighted by Crippen LogP contribution is -2.44. The highest BCUT2D eigenvalue weighted by molar-refractivity contribution is 5.96. The summed E-state index contributed by atoms with van der Waals surface area (Å²) in [6, 6.07) is 8.25. The van der Waals surface area contributed by atoms with Gasteiger partial charge >= 0.3 is 5.97 Å². The molecule has 0 saturated heterocycles. The van der Waals surface area contributed by atoms with Crippen molar-refractivity contribution in [2.45, 2.75) is 40.3 Å². The number of hydrogen-bond donors (Lipinski definition) is 2. The Morgan fingerprint density at radius 1 is 1.25 bits per heavy atom. The topological polar surface area (TPSA) is 84.2 Å². The van der Waals surface area contributed by atoms with E-state index in [0.717, 1.165) is 17.0 Å². The zero-order chi connectivity index (χ0) is 17.9. The van der Waals surface area contributed by atoms with Gasteiger partial charge in [-0.05, 0) is 43.5 Å². The molecule has 0 aliphatic carbocycles. The molecule has 24 heavy (non-hydrogen) atoms. The van der Waals surface area contributed by atoms with Crippen LogP contribution in [0.15, 0.2) is 30.3 Å². The lowest BCUT2D eigenvalue weighted by molar-refractivity contribution is -0.140. The van der Waals surface area contributed by atoms with Gasteiger partial charge in [-0.1, -0.05) is 26.0 Å². The predicted octanol–water partition coefficient (Wildman–Crippen LogP) is 2.39. The summed E-state index contributed by atoms with van der Waals surface area (Å²) in [5.74, 6) is -1.60. The summed E-state index contributed by atoms with van der Waals surface area (Å²) in [4.78, 5) is 23.6. The van der Waals surface area contributed by atoms with E-state index in [1.807, 2.05) is 30.7 Å².